The third-order valence-electron chi connectivity index (χ3n) is 8.69. The number of pyridine rings is 1. The quantitative estimate of drug-likeness (QED) is 0.615. The molecule has 2 fully saturated rings. The molecule has 0 bridgehead atoms. The fraction of sp³-hybridized carbons (Fsp3) is 0.533. The normalized spacial score (nSPS) is 24.9. The number of nitrogens with zero attached hydrogens (tertiary/aromatic N) is 6. The summed E-state index contributed by atoms with van der Waals surface area (Å²) in [6.45, 7) is 2.51. The molecule has 2 aromatic rings. The second-order valence-electron chi connectivity index (χ2n) is 11.3. The van der Waals surface area contributed by atoms with Crippen molar-refractivity contribution in [2.24, 2.45) is 16.9 Å². The Hall–Kier alpha value is -3.28. The number of carbonyl (C=O) groups excluding carboxylic acids is 1. The molecule has 38 heavy (non-hydrogen) atoms. The number of hydrogen-bond donors (Lipinski definition) is 1. The van der Waals surface area contributed by atoms with Crippen LogP contribution in [0.15, 0.2) is 35.4 Å². The van der Waals surface area contributed by atoms with Crippen molar-refractivity contribution in [3.8, 4) is 11.8 Å². The Morgan fingerprint density at radius 1 is 1.13 bits per heavy atom. The summed E-state index contributed by atoms with van der Waals surface area (Å²) in [5, 5.41) is 26.5. The Morgan fingerprint density at radius 2 is 1.92 bits per heavy atom. The summed E-state index contributed by atoms with van der Waals surface area (Å²) in [6.07, 6.45) is 8.81. The molecule has 8 nitrogen and oxygen atoms in total. The van der Waals surface area contributed by atoms with Crippen LogP contribution in [0.25, 0.3) is 0 Å². The van der Waals surface area contributed by atoms with E-state index in [2.05, 4.69) is 40.9 Å². The molecule has 2 aliphatic heterocycles. The molecule has 0 radical (unpaired) electrons. The van der Waals surface area contributed by atoms with Crippen LogP contribution in [0.1, 0.15) is 65.8 Å². The van der Waals surface area contributed by atoms with Gasteiger partial charge in [0.25, 0.3) is 0 Å². The number of likely N-dealkylation sites (N-methyl/N-ethyl adjacent to an activating group) is 2. The number of carbonyl (C=O) groups is 1. The van der Waals surface area contributed by atoms with Gasteiger partial charge < -0.3 is 14.9 Å². The highest BCUT2D eigenvalue weighted by Gasteiger charge is 2.45. The molecule has 3 unspecified atom stereocenters. The monoisotopic (exact) mass is 514 g/mol. The lowest BCUT2D eigenvalue weighted by atomic mass is 9.76. The molecular weight excluding hydrogens is 476 g/mol. The molecule has 1 saturated heterocycles. The summed E-state index contributed by atoms with van der Waals surface area (Å²) in [5.41, 5.74) is 4.57. The number of rotatable bonds is 4. The van der Waals surface area contributed by atoms with Gasteiger partial charge in [-0.2, -0.15) is 10.4 Å². The van der Waals surface area contributed by atoms with Crippen LogP contribution in [0.4, 0.5) is 5.69 Å². The van der Waals surface area contributed by atoms with Crippen molar-refractivity contribution in [3.63, 3.8) is 0 Å². The van der Waals surface area contributed by atoms with Gasteiger partial charge in [0.1, 0.15) is 17.5 Å². The van der Waals surface area contributed by atoms with E-state index in [1.165, 1.54) is 45.2 Å². The van der Waals surface area contributed by atoms with Crippen LogP contribution < -0.4 is 5.01 Å². The molecule has 1 N–H and O–H groups in total. The second kappa shape index (κ2) is 11.2. The molecule has 3 heterocycles. The van der Waals surface area contributed by atoms with E-state index in [1.54, 1.807) is 18.2 Å². The van der Waals surface area contributed by atoms with Crippen LogP contribution in [0, 0.1) is 23.2 Å². The Labute approximate surface area is 225 Å². The SMILES string of the molecule is CN1CCC(N(C)C)C1.N#Cc1ccc(N2N=C3c4ccc(C=O)nc4CCC3C2C2CCCC2)cc1O. The summed E-state index contributed by atoms with van der Waals surface area (Å²) in [5.74, 6) is 0.859. The molecule has 3 atom stereocenters. The van der Waals surface area contributed by atoms with E-state index in [0.29, 0.717) is 17.5 Å². The smallest absolute Gasteiger partial charge is 0.168 e. The summed E-state index contributed by atoms with van der Waals surface area (Å²) in [4.78, 5) is 20.3. The van der Waals surface area contributed by atoms with Crippen LogP contribution in [0.2, 0.25) is 0 Å². The number of phenols is 1. The van der Waals surface area contributed by atoms with Crippen LogP contribution >= 0.6 is 0 Å². The number of nitriles is 1. The maximum Gasteiger partial charge on any atom is 0.168 e. The van der Waals surface area contributed by atoms with Crippen LogP contribution in [-0.2, 0) is 6.42 Å². The molecule has 1 saturated carbocycles. The summed E-state index contributed by atoms with van der Waals surface area (Å²) in [6, 6.07) is 12.0. The highest BCUT2D eigenvalue weighted by Crippen LogP contribution is 2.45. The number of phenolic OH excluding ortho intramolecular Hbond substituents is 1. The van der Waals surface area contributed by atoms with Gasteiger partial charge in [0.15, 0.2) is 6.29 Å². The average molecular weight is 515 g/mol. The van der Waals surface area contributed by atoms with Gasteiger partial charge in [-0.05, 0) is 90.0 Å². The van der Waals surface area contributed by atoms with Crippen molar-refractivity contribution < 1.29 is 9.90 Å². The van der Waals surface area contributed by atoms with Gasteiger partial charge >= 0.3 is 0 Å². The predicted molar refractivity (Wildman–Crippen MR) is 149 cm³/mol. The zero-order chi connectivity index (χ0) is 26.8. The van der Waals surface area contributed by atoms with Gasteiger partial charge in [-0.3, -0.25) is 9.80 Å². The molecule has 0 amide bonds. The van der Waals surface area contributed by atoms with Gasteiger partial charge in [-0.25, -0.2) is 4.98 Å². The minimum atomic E-state index is -0.0112. The molecule has 1 aromatic heterocycles. The van der Waals surface area contributed by atoms with Gasteiger partial charge in [0.05, 0.1) is 28.7 Å². The van der Waals surface area contributed by atoms with Crippen LogP contribution in [-0.4, -0.2) is 78.2 Å². The van der Waals surface area contributed by atoms with Crippen LogP contribution in [0.3, 0.4) is 0 Å². The zero-order valence-corrected chi connectivity index (χ0v) is 22.7. The molecule has 2 aliphatic carbocycles. The number of aromatic hydroxyl groups is 1. The lowest BCUT2D eigenvalue weighted by Crippen LogP contribution is -2.40. The highest BCUT2D eigenvalue weighted by atomic mass is 16.3. The van der Waals surface area contributed by atoms with Crippen molar-refractivity contribution in [2.45, 2.75) is 57.0 Å². The molecule has 1 aromatic carbocycles. The minimum Gasteiger partial charge on any atom is -0.506 e. The third-order valence-corrected chi connectivity index (χ3v) is 8.69. The maximum atomic E-state index is 11.1. The standard InChI is InChI=1S/C23H22N4O2.C7H16N2/c24-12-15-5-7-17(11-21(15)29)27-23(14-3-1-2-4-14)19-9-10-20-18(22(19)26-27)8-6-16(13-28)25-20;1-8(2)7-4-5-9(3)6-7/h5-8,11,13-14,19,23,29H,1-4,9-10H2;7H,4-6H2,1-3H3. The van der Waals surface area contributed by atoms with Gasteiger partial charge in [0, 0.05) is 30.1 Å². The number of hydrogen-bond acceptors (Lipinski definition) is 8. The van der Waals surface area contributed by atoms with Gasteiger partial charge in [-0.1, -0.05) is 12.8 Å². The third kappa shape index (κ3) is 5.18. The number of aldehydes is 1. The molecule has 0 spiro atoms. The Balaban J connectivity index is 0.000000278. The topological polar surface area (TPSA) is 96.1 Å². The number of aromatic nitrogens is 1. The fourth-order valence-electron chi connectivity index (χ4n) is 6.60. The van der Waals surface area contributed by atoms with E-state index < -0.39 is 0 Å². The van der Waals surface area contributed by atoms with E-state index in [0.717, 1.165) is 47.8 Å². The Morgan fingerprint density at radius 3 is 2.53 bits per heavy atom. The Kier molecular flexibility index (Phi) is 7.78. The number of anilines is 1. The van der Waals surface area contributed by atoms with E-state index in [1.807, 2.05) is 18.2 Å². The highest BCUT2D eigenvalue weighted by molar-refractivity contribution is 6.06. The van der Waals surface area contributed by atoms with Crippen molar-refractivity contribution in [3.05, 3.63) is 52.8 Å². The first-order valence-electron chi connectivity index (χ1n) is 13.8. The predicted octanol–water partition coefficient (Wildman–Crippen LogP) is 4.07. The molecule has 200 valence electrons. The molecular formula is C30H38N6O2. The maximum absolute atomic E-state index is 11.1. The lowest BCUT2D eigenvalue weighted by molar-refractivity contribution is 0.111. The van der Waals surface area contributed by atoms with Crippen molar-refractivity contribution >= 4 is 17.7 Å². The number of aryl methyl sites for hydroxylation is 1. The largest absolute Gasteiger partial charge is 0.506 e. The first-order chi connectivity index (χ1) is 18.4. The summed E-state index contributed by atoms with van der Waals surface area (Å²) >= 11 is 0. The van der Waals surface area contributed by atoms with Gasteiger partial charge in [0.2, 0.25) is 0 Å². The van der Waals surface area contributed by atoms with Crippen molar-refractivity contribution in [2.75, 3.05) is 39.2 Å². The second-order valence-corrected chi connectivity index (χ2v) is 11.3. The van der Waals surface area contributed by atoms with E-state index in [-0.39, 0.29) is 17.4 Å². The fourth-order valence-corrected chi connectivity index (χ4v) is 6.60. The number of hydrazone groups is 1. The summed E-state index contributed by atoms with van der Waals surface area (Å²) < 4.78 is 0. The van der Waals surface area contributed by atoms with Gasteiger partial charge in [-0.15, -0.1) is 0 Å². The minimum absolute atomic E-state index is 0.0112. The molecule has 4 aliphatic rings. The van der Waals surface area contributed by atoms with E-state index in [4.69, 9.17) is 10.4 Å². The first kappa shape index (κ1) is 26.3. The average Bonchev–Trinajstić information content (AvgIpc) is 3.68. The lowest BCUT2D eigenvalue weighted by Gasteiger charge is -2.34. The molecule has 8 heteroatoms. The number of likely N-dealkylation sites (tertiary alicyclic amines) is 1. The number of benzene rings is 1. The van der Waals surface area contributed by atoms with Crippen molar-refractivity contribution in [1.82, 2.24) is 14.8 Å². The summed E-state index contributed by atoms with van der Waals surface area (Å²) in [7, 11) is 6.50. The van der Waals surface area contributed by atoms with Crippen LogP contribution in [0.5, 0.6) is 5.75 Å². The van der Waals surface area contributed by atoms with E-state index in [9.17, 15) is 9.90 Å². The molecule has 6 rings (SSSR count). The van der Waals surface area contributed by atoms with Crippen molar-refractivity contribution in [1.29, 1.82) is 5.26 Å². The zero-order valence-electron chi connectivity index (χ0n) is 22.7. The van der Waals surface area contributed by atoms with E-state index >= 15 is 0 Å². The Bertz CT molecular complexity index is 1250. The first-order valence-corrected chi connectivity index (χ1v) is 13.8. The number of fused-ring (bicyclic) bond motifs is 3.